The predicted molar refractivity (Wildman–Crippen MR) is 53.8 cm³/mol. The van der Waals surface area contributed by atoms with Crippen molar-refractivity contribution < 1.29 is 23.1 Å². The van der Waals surface area contributed by atoms with Gasteiger partial charge in [-0.05, 0) is 29.0 Å². The fourth-order valence-electron chi connectivity index (χ4n) is 1.20. The Labute approximate surface area is 97.2 Å². The van der Waals surface area contributed by atoms with Gasteiger partial charge in [-0.1, -0.05) is 6.92 Å². The van der Waals surface area contributed by atoms with Gasteiger partial charge in [0.15, 0.2) is 5.54 Å². The van der Waals surface area contributed by atoms with E-state index in [0.717, 1.165) is 6.20 Å². The SMILES string of the molecule is CCC1(C(=O)O)NN(C(F)(F)F)C=C1I. The summed E-state index contributed by atoms with van der Waals surface area (Å²) in [6.07, 6.45) is -3.84. The number of alkyl halides is 3. The molecule has 0 radical (unpaired) electrons. The summed E-state index contributed by atoms with van der Waals surface area (Å²) in [5.74, 6) is -1.32. The summed E-state index contributed by atoms with van der Waals surface area (Å²) in [6, 6.07) is 0. The minimum Gasteiger partial charge on any atom is -0.480 e. The Morgan fingerprint density at radius 2 is 2.27 bits per heavy atom. The molecule has 0 fully saturated rings. The normalized spacial score (nSPS) is 26.7. The molecular weight excluding hydrogens is 328 g/mol. The summed E-state index contributed by atoms with van der Waals surface area (Å²) < 4.78 is 37.0. The van der Waals surface area contributed by atoms with E-state index in [-0.39, 0.29) is 15.0 Å². The molecule has 1 aliphatic heterocycles. The standard InChI is InChI=1S/C7H8F3IN2O2/c1-2-6(5(14)15)4(11)3-13(12-6)7(8,9)10/h3,12H,2H2,1H3,(H,14,15). The second-order valence-electron chi connectivity index (χ2n) is 2.99. The van der Waals surface area contributed by atoms with Gasteiger partial charge in [0.2, 0.25) is 0 Å². The van der Waals surface area contributed by atoms with E-state index >= 15 is 0 Å². The second kappa shape index (κ2) is 3.81. The monoisotopic (exact) mass is 336 g/mol. The molecule has 0 aromatic carbocycles. The number of nitrogens with zero attached hydrogens (tertiary/aromatic N) is 1. The maximum atomic E-state index is 12.3. The average molecular weight is 336 g/mol. The van der Waals surface area contributed by atoms with Crippen LogP contribution in [0.15, 0.2) is 9.78 Å². The highest BCUT2D eigenvalue weighted by atomic mass is 127. The molecule has 0 spiro atoms. The molecular formula is C7H8F3IN2O2. The topological polar surface area (TPSA) is 52.6 Å². The van der Waals surface area contributed by atoms with Crippen LogP contribution in [0.1, 0.15) is 13.3 Å². The largest absolute Gasteiger partial charge is 0.498 e. The van der Waals surface area contributed by atoms with Gasteiger partial charge < -0.3 is 5.11 Å². The van der Waals surface area contributed by atoms with Crippen molar-refractivity contribution in [1.29, 1.82) is 0 Å². The molecule has 0 aliphatic carbocycles. The molecule has 4 nitrogen and oxygen atoms in total. The van der Waals surface area contributed by atoms with Crippen LogP contribution in [-0.2, 0) is 4.79 Å². The molecule has 0 aromatic rings. The van der Waals surface area contributed by atoms with E-state index in [1.165, 1.54) is 6.92 Å². The molecule has 86 valence electrons. The first-order chi connectivity index (χ1) is 6.74. The van der Waals surface area contributed by atoms with Crippen molar-refractivity contribution in [1.82, 2.24) is 10.4 Å². The van der Waals surface area contributed by atoms with Crippen molar-refractivity contribution in [2.45, 2.75) is 25.2 Å². The zero-order valence-electron chi connectivity index (χ0n) is 7.60. The van der Waals surface area contributed by atoms with Crippen molar-refractivity contribution in [2.24, 2.45) is 0 Å². The number of hydrogen-bond donors (Lipinski definition) is 2. The lowest BCUT2D eigenvalue weighted by atomic mass is 9.98. The molecule has 0 bridgehead atoms. The maximum Gasteiger partial charge on any atom is 0.498 e. The summed E-state index contributed by atoms with van der Waals surface area (Å²) in [7, 11) is 0. The second-order valence-corrected chi connectivity index (χ2v) is 4.15. The van der Waals surface area contributed by atoms with Gasteiger partial charge in [-0.25, -0.2) is 15.2 Å². The lowest BCUT2D eigenvalue weighted by Gasteiger charge is -2.28. The van der Waals surface area contributed by atoms with Crippen LogP contribution in [0.2, 0.25) is 0 Å². The Balaban J connectivity index is 3.02. The third-order valence-electron chi connectivity index (χ3n) is 2.13. The number of carboxylic acids is 1. The van der Waals surface area contributed by atoms with Crippen molar-refractivity contribution >= 4 is 28.6 Å². The Morgan fingerprint density at radius 3 is 2.47 bits per heavy atom. The third kappa shape index (κ3) is 2.05. The summed E-state index contributed by atoms with van der Waals surface area (Å²) in [5, 5.41) is 8.78. The molecule has 0 saturated carbocycles. The predicted octanol–water partition coefficient (Wildman–Crippen LogP) is 1.84. The lowest BCUT2D eigenvalue weighted by molar-refractivity contribution is -0.246. The van der Waals surface area contributed by atoms with Gasteiger partial charge >= 0.3 is 12.3 Å². The molecule has 0 saturated heterocycles. The van der Waals surface area contributed by atoms with E-state index in [0.29, 0.717) is 0 Å². The molecule has 15 heavy (non-hydrogen) atoms. The number of hydrazine groups is 1. The molecule has 8 heteroatoms. The van der Waals surface area contributed by atoms with Crippen LogP contribution >= 0.6 is 22.6 Å². The van der Waals surface area contributed by atoms with Crippen LogP contribution in [0.3, 0.4) is 0 Å². The number of rotatable bonds is 2. The number of nitrogens with one attached hydrogen (secondary N) is 1. The van der Waals surface area contributed by atoms with Crippen LogP contribution < -0.4 is 5.43 Å². The molecule has 2 N–H and O–H groups in total. The highest BCUT2D eigenvalue weighted by molar-refractivity contribution is 14.1. The van der Waals surface area contributed by atoms with Gasteiger partial charge in [-0.15, -0.1) is 13.2 Å². The molecule has 1 rings (SSSR count). The van der Waals surface area contributed by atoms with Crippen molar-refractivity contribution in [3.63, 3.8) is 0 Å². The van der Waals surface area contributed by atoms with Gasteiger partial charge in [0.05, 0.1) is 0 Å². The van der Waals surface area contributed by atoms with Crippen LogP contribution in [0.25, 0.3) is 0 Å². The smallest absolute Gasteiger partial charge is 0.480 e. The Kier molecular flexibility index (Phi) is 3.19. The number of carbonyl (C=O) groups is 1. The lowest BCUT2D eigenvalue weighted by Crippen LogP contribution is -2.56. The zero-order chi connectivity index (χ0) is 11.9. The van der Waals surface area contributed by atoms with Gasteiger partial charge in [0, 0.05) is 9.78 Å². The van der Waals surface area contributed by atoms with E-state index in [9.17, 15) is 18.0 Å². The summed E-state index contributed by atoms with van der Waals surface area (Å²) >= 11 is 1.59. The van der Waals surface area contributed by atoms with Crippen molar-refractivity contribution in [3.05, 3.63) is 9.78 Å². The minimum absolute atomic E-state index is 0.0314. The van der Waals surface area contributed by atoms with Crippen molar-refractivity contribution in [2.75, 3.05) is 0 Å². The van der Waals surface area contributed by atoms with Gasteiger partial charge in [0.25, 0.3) is 0 Å². The van der Waals surface area contributed by atoms with E-state index in [1.54, 1.807) is 22.6 Å². The van der Waals surface area contributed by atoms with Gasteiger partial charge in [-0.3, -0.25) is 0 Å². The summed E-state index contributed by atoms with van der Waals surface area (Å²) in [4.78, 5) is 10.9. The van der Waals surface area contributed by atoms with Crippen molar-refractivity contribution in [3.8, 4) is 0 Å². The summed E-state index contributed by atoms with van der Waals surface area (Å²) in [5.41, 5.74) is 0.295. The zero-order valence-corrected chi connectivity index (χ0v) is 9.76. The molecule has 1 atom stereocenters. The van der Waals surface area contributed by atoms with Crippen LogP contribution in [0, 0.1) is 0 Å². The first-order valence-electron chi connectivity index (χ1n) is 3.99. The highest BCUT2D eigenvalue weighted by Gasteiger charge is 2.51. The quantitative estimate of drug-likeness (QED) is 0.597. The van der Waals surface area contributed by atoms with Crippen LogP contribution in [0.5, 0.6) is 0 Å². The highest BCUT2D eigenvalue weighted by Crippen LogP contribution is 2.36. The van der Waals surface area contributed by atoms with E-state index in [1.807, 2.05) is 5.43 Å². The Morgan fingerprint density at radius 1 is 1.73 bits per heavy atom. The van der Waals surface area contributed by atoms with E-state index in [2.05, 4.69) is 0 Å². The molecule has 1 aliphatic rings. The number of carboxylic acid groups (broad SMARTS) is 1. The first-order valence-corrected chi connectivity index (χ1v) is 5.07. The Hall–Kier alpha value is -0.510. The summed E-state index contributed by atoms with van der Waals surface area (Å²) in [6.45, 7) is 1.51. The first kappa shape index (κ1) is 12.6. The molecule has 0 aromatic heterocycles. The number of hydrogen-bond acceptors (Lipinski definition) is 3. The molecule has 0 amide bonds. The fraction of sp³-hybridized carbons (Fsp3) is 0.571. The van der Waals surface area contributed by atoms with E-state index in [4.69, 9.17) is 5.11 Å². The number of aliphatic carboxylic acids is 1. The van der Waals surface area contributed by atoms with Crippen LogP contribution in [0.4, 0.5) is 13.2 Å². The third-order valence-corrected chi connectivity index (χ3v) is 3.33. The van der Waals surface area contributed by atoms with E-state index < -0.39 is 17.8 Å². The minimum atomic E-state index is -4.62. The number of halogens is 4. The fourth-order valence-corrected chi connectivity index (χ4v) is 2.21. The Bertz CT molecular complexity index is 318. The van der Waals surface area contributed by atoms with Gasteiger partial charge in [-0.2, -0.15) is 0 Å². The molecule has 1 heterocycles. The maximum absolute atomic E-state index is 12.3. The molecule has 1 unspecified atom stereocenters. The average Bonchev–Trinajstić information content (AvgIpc) is 2.43. The van der Waals surface area contributed by atoms with Crippen LogP contribution in [-0.4, -0.2) is 27.9 Å². The van der Waals surface area contributed by atoms with Gasteiger partial charge in [0.1, 0.15) is 0 Å².